The second-order valence-corrected chi connectivity index (χ2v) is 9.73. The van der Waals surface area contributed by atoms with Gasteiger partial charge in [0.05, 0.1) is 0 Å². The van der Waals surface area contributed by atoms with Crippen LogP contribution in [0.4, 0.5) is 0 Å². The van der Waals surface area contributed by atoms with E-state index in [2.05, 4.69) is 0 Å². The van der Waals surface area contributed by atoms with Gasteiger partial charge in [0.25, 0.3) is 6.72 Å². The fourth-order valence-electron chi connectivity index (χ4n) is 1.04. The molecule has 0 heterocycles. The molecule has 0 unspecified atom stereocenters. The predicted octanol–water partition coefficient (Wildman–Crippen LogP) is 1.57. The molecule has 0 aliphatic carbocycles. The van der Waals surface area contributed by atoms with Crippen LogP contribution in [0.15, 0.2) is 0 Å². The minimum absolute atomic E-state index is 0.396. The van der Waals surface area contributed by atoms with Crippen molar-refractivity contribution in [2.24, 2.45) is 11.8 Å². The largest absolute Gasteiger partial charge is 0.329 e. The highest BCUT2D eigenvalue weighted by Gasteiger charge is 2.15. The lowest BCUT2D eigenvalue weighted by molar-refractivity contribution is 0.362. The van der Waals surface area contributed by atoms with Crippen LogP contribution < -0.4 is 0 Å². The maximum atomic E-state index is 9.21. The monoisotopic (exact) mass is 228 g/mol. The molecule has 3 nitrogen and oxygen atoms in total. The molecule has 0 aliphatic heterocycles. The molecule has 0 bridgehead atoms. The van der Waals surface area contributed by atoms with Crippen LogP contribution in [0.2, 0.25) is 0 Å². The molecule has 82 valence electrons. The van der Waals surface area contributed by atoms with Crippen molar-refractivity contribution in [3.8, 4) is 0 Å². The Hall–Kier alpha value is 0.660. The number of hydrogen-bond donors (Lipinski definition) is 3. The molecule has 0 amide bonds. The van der Waals surface area contributed by atoms with E-state index in [0.29, 0.717) is 23.3 Å². The molecule has 5 heteroatoms. The Kier molecular flexibility index (Phi) is 5.80. The van der Waals surface area contributed by atoms with Gasteiger partial charge in [-0.2, -0.15) is 0 Å². The first-order chi connectivity index (χ1) is 5.73. The maximum absolute atomic E-state index is 9.21. The molecule has 0 saturated heterocycles. The van der Waals surface area contributed by atoms with Crippen molar-refractivity contribution in [2.45, 2.75) is 27.7 Å². The molecule has 0 aromatic rings. The zero-order chi connectivity index (χ0) is 10.6. The number of rotatable bonds is 4. The van der Waals surface area contributed by atoms with Crippen LogP contribution in [0, 0.1) is 11.8 Å². The molecule has 0 saturated carbocycles. The Morgan fingerprint density at radius 3 is 1.38 bits per heavy atom. The normalized spacial score (nSPS) is 13.4. The van der Waals surface area contributed by atoms with Gasteiger partial charge in [0.15, 0.2) is 0 Å². The summed E-state index contributed by atoms with van der Waals surface area (Å²) in [6.45, 7) is 4.49. The van der Waals surface area contributed by atoms with E-state index < -0.39 is 16.8 Å². The highest BCUT2D eigenvalue weighted by atomic mass is 32.5. The quantitative estimate of drug-likeness (QED) is 0.640. The van der Waals surface area contributed by atoms with Crippen LogP contribution in [0.5, 0.6) is 0 Å². The van der Waals surface area contributed by atoms with E-state index >= 15 is 0 Å². The first-order valence-corrected chi connectivity index (χ1v) is 8.30. The van der Waals surface area contributed by atoms with E-state index in [4.69, 9.17) is 0 Å². The van der Waals surface area contributed by atoms with Crippen molar-refractivity contribution in [3.63, 3.8) is 0 Å². The Labute approximate surface area is 83.0 Å². The third-order valence-corrected chi connectivity index (χ3v) is 7.17. The minimum atomic E-state index is -3.61. The molecule has 3 N–H and O–H groups in total. The maximum Gasteiger partial charge on any atom is 0.277 e. The van der Waals surface area contributed by atoms with Gasteiger partial charge in [-0.15, -0.1) is 10.1 Å². The molecule has 0 aliphatic rings. The van der Waals surface area contributed by atoms with Gasteiger partial charge in [-0.25, -0.2) is 0 Å². The van der Waals surface area contributed by atoms with Gasteiger partial charge in [-0.3, -0.25) is 0 Å². The van der Waals surface area contributed by atoms with E-state index in [1.165, 1.54) is 0 Å². The number of hydrogen-bond acceptors (Lipinski definition) is 0. The lowest BCUT2D eigenvalue weighted by Crippen LogP contribution is -2.13. The summed E-state index contributed by atoms with van der Waals surface area (Å²) in [4.78, 5) is 27.6. The molecular weight excluding hydrogens is 207 g/mol. The average Bonchev–Trinajstić information content (AvgIpc) is 1.81. The summed E-state index contributed by atoms with van der Waals surface area (Å²) >= 11 is 0. The molecule has 0 aromatic heterocycles. The van der Waals surface area contributed by atoms with Crippen molar-refractivity contribution in [3.05, 3.63) is 0 Å². The van der Waals surface area contributed by atoms with Crippen molar-refractivity contribution < 1.29 is 14.7 Å². The summed E-state index contributed by atoms with van der Waals surface area (Å²) in [6, 6.07) is 0. The van der Waals surface area contributed by atoms with Gasteiger partial charge in [-0.1, -0.05) is 27.7 Å². The van der Waals surface area contributed by atoms with Crippen LogP contribution >= 0.6 is 6.72 Å². The zero-order valence-electron chi connectivity index (χ0n) is 8.77. The van der Waals surface area contributed by atoms with Gasteiger partial charge in [-0.05, 0) is 23.3 Å². The standard InChI is InChI=1S/C8H21O3PS/c1-7(2)5-13(6-8(3)4)12(9,10)11/h7-11H,5-6H2,1-4H3. The Morgan fingerprint density at radius 1 is 0.923 bits per heavy atom. The van der Waals surface area contributed by atoms with Crippen molar-refractivity contribution in [1.29, 1.82) is 0 Å². The van der Waals surface area contributed by atoms with E-state index in [9.17, 15) is 14.7 Å². The van der Waals surface area contributed by atoms with E-state index in [0.717, 1.165) is 0 Å². The van der Waals surface area contributed by atoms with Crippen molar-refractivity contribution >= 4 is 16.8 Å². The third kappa shape index (κ3) is 6.69. The SMILES string of the molecule is CC(C)CS(CC(C)C)=P(O)(O)O. The van der Waals surface area contributed by atoms with Crippen LogP contribution in [-0.2, 0) is 10.1 Å². The molecule has 0 atom stereocenters. The highest BCUT2D eigenvalue weighted by molar-refractivity contribution is 8.27. The van der Waals surface area contributed by atoms with Gasteiger partial charge >= 0.3 is 0 Å². The molecule has 0 fully saturated rings. The smallest absolute Gasteiger partial charge is 0.277 e. The lowest BCUT2D eigenvalue weighted by Gasteiger charge is -2.18. The molecular formula is C8H21O3PS. The highest BCUT2D eigenvalue weighted by Crippen LogP contribution is 2.37. The summed E-state index contributed by atoms with van der Waals surface area (Å²) in [5.41, 5.74) is 0. The first-order valence-electron chi connectivity index (χ1n) is 4.49. The lowest BCUT2D eigenvalue weighted by atomic mass is 10.3. The third-order valence-electron chi connectivity index (χ3n) is 1.40. The van der Waals surface area contributed by atoms with Crippen molar-refractivity contribution in [2.75, 3.05) is 11.5 Å². The van der Waals surface area contributed by atoms with Gasteiger partial charge < -0.3 is 14.7 Å². The van der Waals surface area contributed by atoms with E-state index in [-0.39, 0.29) is 0 Å². The Balaban J connectivity index is 4.58. The average molecular weight is 228 g/mol. The van der Waals surface area contributed by atoms with Crippen LogP contribution in [-0.4, -0.2) is 26.2 Å². The molecule has 0 spiro atoms. The van der Waals surface area contributed by atoms with Gasteiger partial charge in [0, 0.05) is 0 Å². The Morgan fingerprint density at radius 2 is 1.23 bits per heavy atom. The molecule has 0 aromatic carbocycles. The fraction of sp³-hybridized carbons (Fsp3) is 1.00. The summed E-state index contributed by atoms with van der Waals surface area (Å²) in [5.74, 6) is 2.20. The van der Waals surface area contributed by atoms with Gasteiger partial charge in [0.2, 0.25) is 0 Å². The second kappa shape index (κ2) is 5.52. The predicted molar refractivity (Wildman–Crippen MR) is 60.4 cm³/mol. The summed E-state index contributed by atoms with van der Waals surface area (Å²) in [6.07, 6.45) is 0. The topological polar surface area (TPSA) is 60.7 Å². The minimum Gasteiger partial charge on any atom is -0.329 e. The summed E-state index contributed by atoms with van der Waals surface area (Å²) in [7, 11) is -0.624. The van der Waals surface area contributed by atoms with Gasteiger partial charge in [0.1, 0.15) is 0 Å². The summed E-state index contributed by atoms with van der Waals surface area (Å²) < 4.78 is 0. The molecule has 0 radical (unpaired) electrons. The summed E-state index contributed by atoms with van der Waals surface area (Å²) in [5, 5.41) is 0. The van der Waals surface area contributed by atoms with Crippen LogP contribution in [0.1, 0.15) is 27.7 Å². The fourth-order valence-corrected chi connectivity index (χ4v) is 6.10. The molecule has 0 rings (SSSR count). The van der Waals surface area contributed by atoms with Crippen molar-refractivity contribution in [1.82, 2.24) is 0 Å². The Bertz CT molecular complexity index is 187. The second-order valence-electron chi connectivity index (χ2n) is 4.10. The van der Waals surface area contributed by atoms with E-state index in [1.54, 1.807) is 0 Å². The zero-order valence-corrected chi connectivity index (χ0v) is 10.5. The first kappa shape index (κ1) is 13.7. The van der Waals surface area contributed by atoms with Crippen LogP contribution in [0.3, 0.4) is 0 Å². The van der Waals surface area contributed by atoms with E-state index in [1.807, 2.05) is 27.7 Å². The van der Waals surface area contributed by atoms with Crippen LogP contribution in [0.25, 0.3) is 0 Å². The molecule has 13 heavy (non-hydrogen) atoms.